The number of ether oxygens (including phenoxy) is 2. The van der Waals surface area contributed by atoms with Gasteiger partial charge >= 0.3 is 12.2 Å². The lowest BCUT2D eigenvalue weighted by Crippen LogP contribution is -2.51. The second-order valence-corrected chi connectivity index (χ2v) is 15.1. The Kier molecular flexibility index (Phi) is 10.3. The molecule has 5 aromatic rings. The van der Waals surface area contributed by atoms with Gasteiger partial charge in [-0.2, -0.15) is 0 Å². The van der Waals surface area contributed by atoms with Crippen molar-refractivity contribution >= 4 is 45.9 Å². The monoisotopic (exact) mass is 761 g/mol. The summed E-state index contributed by atoms with van der Waals surface area (Å²) >= 11 is 0. The summed E-state index contributed by atoms with van der Waals surface area (Å²) in [5.74, 6) is 1.25. The van der Waals surface area contributed by atoms with Crippen molar-refractivity contribution in [2.75, 3.05) is 27.3 Å². The number of carbonyl (C=O) groups excluding carboxylic acids is 4. The number of aromatic amines is 2. The van der Waals surface area contributed by atoms with E-state index in [0.717, 1.165) is 90.0 Å². The molecule has 1 saturated carbocycles. The predicted octanol–water partition coefficient (Wildman–Crippen LogP) is 6.15. The van der Waals surface area contributed by atoms with Crippen LogP contribution >= 0.6 is 0 Å². The number of aromatic nitrogens is 5. The van der Waals surface area contributed by atoms with Gasteiger partial charge in [-0.15, -0.1) is 0 Å². The van der Waals surface area contributed by atoms with Crippen LogP contribution in [0, 0.1) is 5.92 Å². The van der Waals surface area contributed by atoms with E-state index in [2.05, 4.69) is 66.7 Å². The number of hydrogen-bond donors (Lipinski definition) is 4. The highest BCUT2D eigenvalue weighted by molar-refractivity contribution is 5.91. The fraction of sp³-hybridized carbons (Fsp3) is 0.439. The third kappa shape index (κ3) is 7.25. The number of pyridine rings is 1. The molecule has 3 aliphatic rings. The van der Waals surface area contributed by atoms with Crippen molar-refractivity contribution in [3.63, 3.8) is 0 Å². The van der Waals surface area contributed by atoms with Crippen molar-refractivity contribution < 1.29 is 28.7 Å². The van der Waals surface area contributed by atoms with Crippen LogP contribution in [0.4, 0.5) is 9.59 Å². The highest BCUT2D eigenvalue weighted by Gasteiger charge is 2.40. The lowest BCUT2D eigenvalue weighted by Gasteiger charge is -2.31. The van der Waals surface area contributed by atoms with Crippen LogP contribution in [-0.2, 0) is 19.1 Å². The van der Waals surface area contributed by atoms with Crippen molar-refractivity contribution in [2.45, 2.75) is 82.5 Å². The predicted molar refractivity (Wildman–Crippen MR) is 208 cm³/mol. The highest BCUT2D eigenvalue weighted by atomic mass is 16.5. The molecule has 56 heavy (non-hydrogen) atoms. The molecule has 292 valence electrons. The van der Waals surface area contributed by atoms with Crippen LogP contribution < -0.4 is 10.6 Å². The average Bonchev–Trinajstić information content (AvgIpc) is 4.07. The van der Waals surface area contributed by atoms with Gasteiger partial charge in [0.1, 0.15) is 23.7 Å². The first kappa shape index (κ1) is 37.0. The molecule has 4 atom stereocenters. The first-order valence-corrected chi connectivity index (χ1v) is 19.5. The van der Waals surface area contributed by atoms with Crippen LogP contribution in [0.15, 0.2) is 54.9 Å². The van der Waals surface area contributed by atoms with Gasteiger partial charge in [0, 0.05) is 30.4 Å². The van der Waals surface area contributed by atoms with E-state index in [-0.39, 0.29) is 29.8 Å². The van der Waals surface area contributed by atoms with Crippen LogP contribution in [0.1, 0.15) is 82.0 Å². The van der Waals surface area contributed by atoms with Gasteiger partial charge in [0.2, 0.25) is 11.8 Å². The molecule has 4 N–H and O–H groups in total. The Bertz CT molecular complexity index is 2280. The minimum absolute atomic E-state index is 0.0837. The number of likely N-dealkylation sites (tertiary alicyclic amines) is 2. The number of amides is 4. The number of imidazole rings is 2. The number of hydrogen-bond acceptors (Lipinski definition) is 9. The Hall–Kier alpha value is -5.99. The number of nitrogens with zero attached hydrogens (tertiary/aromatic N) is 5. The Balaban J connectivity index is 0.979. The van der Waals surface area contributed by atoms with Crippen LogP contribution in [0.5, 0.6) is 0 Å². The molecule has 15 heteroatoms. The quantitative estimate of drug-likeness (QED) is 0.137. The maximum Gasteiger partial charge on any atom is 0.407 e. The molecule has 1 aliphatic carbocycles. The van der Waals surface area contributed by atoms with Gasteiger partial charge in [0.15, 0.2) is 5.65 Å². The number of nitrogens with one attached hydrogen (secondary N) is 4. The lowest BCUT2D eigenvalue weighted by atomic mass is 9.96. The molecular weight excluding hydrogens is 715 g/mol. The van der Waals surface area contributed by atoms with Gasteiger partial charge in [-0.25, -0.2) is 24.5 Å². The largest absolute Gasteiger partial charge is 0.453 e. The molecule has 2 saturated heterocycles. The summed E-state index contributed by atoms with van der Waals surface area (Å²) in [4.78, 5) is 75.7. The van der Waals surface area contributed by atoms with Crippen molar-refractivity contribution in [1.82, 2.24) is 45.4 Å². The molecule has 5 heterocycles. The van der Waals surface area contributed by atoms with E-state index in [0.29, 0.717) is 30.4 Å². The summed E-state index contributed by atoms with van der Waals surface area (Å²) in [7, 11) is 2.59. The zero-order valence-electron chi connectivity index (χ0n) is 31.8. The summed E-state index contributed by atoms with van der Waals surface area (Å²) in [5.41, 5.74) is 5.15. The van der Waals surface area contributed by atoms with Gasteiger partial charge < -0.3 is 39.9 Å². The fourth-order valence-corrected chi connectivity index (χ4v) is 8.69. The number of carbonyl (C=O) groups is 4. The Labute approximate surface area is 323 Å². The molecule has 4 amide bonds. The van der Waals surface area contributed by atoms with Crippen LogP contribution in [0.2, 0.25) is 0 Å². The standard InChI is InChI=1S/C41H47N9O6/c1-23(44-40(53)55-2)38(51)49-16-6-10-32(49)36-43-22-31(46-36)28-15-14-25-18-27(13-12-26(25)19-28)29-20-30-35(42-21-29)48-37(45-30)33-11-7-17-50(33)39(52)34(47-41(54)56-3)24-8-4-5-9-24/h12-15,18-24,32-34H,4-11,16-17H2,1-3H3,(H,43,46)(H,44,53)(H,47,54)(H,42,45,48)/t23-,32-,33-,34-/m0/s1. The fourth-order valence-electron chi connectivity index (χ4n) is 8.69. The van der Waals surface area contributed by atoms with E-state index in [9.17, 15) is 19.2 Å². The molecule has 8 rings (SSSR count). The maximum absolute atomic E-state index is 13.9. The van der Waals surface area contributed by atoms with E-state index in [4.69, 9.17) is 14.7 Å². The molecule has 0 radical (unpaired) electrons. The molecule has 0 spiro atoms. The summed E-state index contributed by atoms with van der Waals surface area (Å²) in [6.45, 7) is 2.84. The first-order valence-electron chi connectivity index (χ1n) is 19.5. The summed E-state index contributed by atoms with van der Waals surface area (Å²) in [6, 6.07) is 12.8. The van der Waals surface area contributed by atoms with Crippen LogP contribution in [0.25, 0.3) is 44.3 Å². The Morgan fingerprint density at radius 3 is 2.07 bits per heavy atom. The number of alkyl carbamates (subject to hydrolysis) is 2. The van der Waals surface area contributed by atoms with Gasteiger partial charge in [0.05, 0.1) is 43.7 Å². The van der Waals surface area contributed by atoms with Gasteiger partial charge in [0.25, 0.3) is 0 Å². The van der Waals surface area contributed by atoms with Crippen molar-refractivity contribution in [1.29, 1.82) is 0 Å². The summed E-state index contributed by atoms with van der Waals surface area (Å²) in [5, 5.41) is 7.52. The molecule has 3 aromatic heterocycles. The third-order valence-corrected chi connectivity index (χ3v) is 11.6. The molecular formula is C41H47N9O6. The van der Waals surface area contributed by atoms with E-state index in [1.165, 1.54) is 14.2 Å². The number of benzene rings is 2. The van der Waals surface area contributed by atoms with Gasteiger partial charge in [-0.05, 0) is 85.9 Å². The van der Waals surface area contributed by atoms with E-state index < -0.39 is 24.3 Å². The van der Waals surface area contributed by atoms with E-state index in [1.54, 1.807) is 18.0 Å². The number of rotatable bonds is 9. The van der Waals surface area contributed by atoms with Crippen LogP contribution in [-0.4, -0.2) is 98.1 Å². The highest BCUT2D eigenvalue weighted by Crippen LogP contribution is 2.37. The zero-order valence-corrected chi connectivity index (χ0v) is 31.8. The molecule has 15 nitrogen and oxygen atoms in total. The zero-order chi connectivity index (χ0) is 38.9. The number of H-pyrrole nitrogens is 2. The summed E-state index contributed by atoms with van der Waals surface area (Å²) in [6.07, 6.45) is 9.55. The van der Waals surface area contributed by atoms with E-state index >= 15 is 0 Å². The van der Waals surface area contributed by atoms with Crippen molar-refractivity contribution in [3.05, 3.63) is 66.5 Å². The average molecular weight is 762 g/mol. The van der Waals surface area contributed by atoms with Crippen molar-refractivity contribution in [3.8, 4) is 22.4 Å². The van der Waals surface area contributed by atoms with Gasteiger partial charge in [-0.1, -0.05) is 37.1 Å². The molecule has 2 aromatic carbocycles. The Morgan fingerprint density at radius 1 is 0.714 bits per heavy atom. The van der Waals surface area contributed by atoms with Crippen molar-refractivity contribution in [2.24, 2.45) is 5.92 Å². The maximum atomic E-state index is 13.9. The van der Waals surface area contributed by atoms with Gasteiger partial charge in [-0.3, -0.25) is 9.59 Å². The number of fused-ring (bicyclic) bond motifs is 2. The topological polar surface area (TPSA) is 188 Å². The lowest BCUT2D eigenvalue weighted by molar-refractivity contribution is -0.136. The minimum atomic E-state index is -0.712. The first-order chi connectivity index (χ1) is 27.2. The third-order valence-electron chi connectivity index (χ3n) is 11.6. The van der Waals surface area contributed by atoms with E-state index in [1.807, 2.05) is 17.2 Å². The smallest absolute Gasteiger partial charge is 0.407 e. The minimum Gasteiger partial charge on any atom is -0.453 e. The molecule has 2 aliphatic heterocycles. The SMILES string of the molecule is COC(=O)N[C@@H](C)C(=O)N1CCC[C@H]1c1ncc(-c2ccc3cc(-c4cnc5nc([C@@H]6CCCN6C(=O)[C@@H](NC(=O)OC)C6CCCC6)[nH]c5c4)ccc3c2)[nH]1. The Morgan fingerprint density at radius 2 is 1.36 bits per heavy atom. The molecule has 0 bridgehead atoms. The molecule has 0 unspecified atom stereocenters. The van der Waals surface area contributed by atoms with Crippen LogP contribution in [0.3, 0.4) is 0 Å². The summed E-state index contributed by atoms with van der Waals surface area (Å²) < 4.78 is 9.53. The normalized spacial score (nSPS) is 19.7. The second-order valence-electron chi connectivity index (χ2n) is 15.1. The molecule has 3 fully saturated rings. The second kappa shape index (κ2) is 15.6. The number of methoxy groups -OCH3 is 2.